The third kappa shape index (κ3) is 41.7. The van der Waals surface area contributed by atoms with Gasteiger partial charge >= 0.3 is 17.9 Å². The van der Waals surface area contributed by atoms with E-state index in [2.05, 4.69) is 106 Å². The topological polar surface area (TPSA) is 78.9 Å². The van der Waals surface area contributed by atoms with Gasteiger partial charge in [-0.25, -0.2) is 0 Å². The highest BCUT2D eigenvalue weighted by atomic mass is 16.6. The molecule has 0 rings (SSSR count). The zero-order chi connectivity index (χ0) is 40.8. The Morgan fingerprint density at radius 3 is 1.09 bits per heavy atom. The summed E-state index contributed by atoms with van der Waals surface area (Å²) < 4.78 is 16.5. The Morgan fingerprint density at radius 2 is 0.696 bits per heavy atom. The molecule has 1 unspecified atom stereocenters. The summed E-state index contributed by atoms with van der Waals surface area (Å²) in [5.74, 6) is -0.938. The summed E-state index contributed by atoms with van der Waals surface area (Å²) in [5, 5.41) is 0. The summed E-state index contributed by atoms with van der Waals surface area (Å²) in [6.07, 6.45) is 56.3. The summed E-state index contributed by atoms with van der Waals surface area (Å²) >= 11 is 0. The number of esters is 3. The number of rotatable bonds is 39. The predicted octanol–water partition coefficient (Wildman–Crippen LogP) is 14.5. The second kappa shape index (κ2) is 44.3. The molecule has 0 aromatic rings. The lowest BCUT2D eigenvalue weighted by Crippen LogP contribution is -2.30. The highest BCUT2D eigenvalue weighted by molar-refractivity contribution is 5.71. The Bertz CT molecular complexity index is 1120. The fourth-order valence-electron chi connectivity index (χ4n) is 5.77. The van der Waals surface area contributed by atoms with E-state index in [1.54, 1.807) is 0 Å². The van der Waals surface area contributed by atoms with Gasteiger partial charge in [-0.2, -0.15) is 0 Å². The number of hydrogen-bond donors (Lipinski definition) is 0. The van der Waals surface area contributed by atoms with Crippen LogP contribution in [-0.2, 0) is 28.6 Å². The van der Waals surface area contributed by atoms with Crippen molar-refractivity contribution in [3.8, 4) is 0 Å². The van der Waals surface area contributed by atoms with Gasteiger partial charge < -0.3 is 14.2 Å². The first-order valence-corrected chi connectivity index (χ1v) is 22.6. The molecule has 0 N–H and O–H groups in total. The molecule has 0 saturated carbocycles. The van der Waals surface area contributed by atoms with Crippen molar-refractivity contribution in [2.24, 2.45) is 0 Å². The molecule has 0 amide bonds. The van der Waals surface area contributed by atoms with Crippen LogP contribution in [0.2, 0.25) is 0 Å². The van der Waals surface area contributed by atoms with Crippen LogP contribution in [0.1, 0.15) is 194 Å². The minimum atomic E-state index is -0.775. The van der Waals surface area contributed by atoms with Crippen molar-refractivity contribution in [1.29, 1.82) is 0 Å². The lowest BCUT2D eigenvalue weighted by Gasteiger charge is -2.18. The largest absolute Gasteiger partial charge is 0.462 e. The lowest BCUT2D eigenvalue weighted by molar-refractivity contribution is -0.167. The average molecular weight is 779 g/mol. The van der Waals surface area contributed by atoms with Crippen LogP contribution in [0.3, 0.4) is 0 Å². The van der Waals surface area contributed by atoms with Crippen LogP contribution < -0.4 is 0 Å². The zero-order valence-electron chi connectivity index (χ0n) is 36.1. The molecule has 0 fully saturated rings. The van der Waals surface area contributed by atoms with Gasteiger partial charge in [0.25, 0.3) is 0 Å². The number of ether oxygens (including phenoxy) is 3. The standard InChI is InChI=1S/C50H82O6/c1-4-7-10-13-15-16-17-18-19-20-21-22-23-24-25-26-27-28-29-30-31-32-33-34-35-38-40-43-49(52)55-46-47(45-54-48(51)42-39-36-12-9-6-3)56-50(53)44-41-37-14-11-8-5-2/h7,10,15-16,18-19,21-22,24-25,27-28,30-31,47H,4-6,8-9,11-14,17,20,23,26,29,32-46H2,1-3H3/b10-7-,16-15-,19-18-,22-21-,25-24-,28-27-,31-30-. The van der Waals surface area contributed by atoms with Crippen molar-refractivity contribution >= 4 is 17.9 Å². The maximum Gasteiger partial charge on any atom is 0.306 e. The van der Waals surface area contributed by atoms with Gasteiger partial charge in [-0.3, -0.25) is 14.4 Å². The normalized spacial score (nSPS) is 12.8. The minimum absolute atomic E-state index is 0.0842. The number of hydrogen-bond acceptors (Lipinski definition) is 6. The van der Waals surface area contributed by atoms with Gasteiger partial charge in [0.1, 0.15) is 13.2 Å². The van der Waals surface area contributed by atoms with Gasteiger partial charge in [0.15, 0.2) is 6.10 Å². The summed E-state index contributed by atoms with van der Waals surface area (Å²) in [5.41, 5.74) is 0. The van der Waals surface area contributed by atoms with Gasteiger partial charge in [-0.15, -0.1) is 0 Å². The number of carbonyl (C=O) groups excluding carboxylic acids is 3. The molecule has 0 aromatic heterocycles. The summed E-state index contributed by atoms with van der Waals surface area (Å²) in [4.78, 5) is 37.2. The smallest absolute Gasteiger partial charge is 0.306 e. The predicted molar refractivity (Wildman–Crippen MR) is 237 cm³/mol. The Balaban J connectivity index is 4.07. The van der Waals surface area contributed by atoms with Crippen molar-refractivity contribution in [2.75, 3.05) is 13.2 Å². The number of unbranched alkanes of at least 4 members (excludes halogenated alkanes) is 14. The van der Waals surface area contributed by atoms with Gasteiger partial charge in [0.2, 0.25) is 0 Å². The van der Waals surface area contributed by atoms with Crippen molar-refractivity contribution in [1.82, 2.24) is 0 Å². The average Bonchev–Trinajstić information content (AvgIpc) is 3.19. The minimum Gasteiger partial charge on any atom is -0.462 e. The Morgan fingerprint density at radius 1 is 0.375 bits per heavy atom. The van der Waals surface area contributed by atoms with Crippen LogP contribution >= 0.6 is 0 Å². The van der Waals surface area contributed by atoms with Gasteiger partial charge in [-0.1, -0.05) is 183 Å². The Labute approximate surface area is 344 Å². The van der Waals surface area contributed by atoms with E-state index in [-0.39, 0.29) is 31.1 Å². The first kappa shape index (κ1) is 52.6. The highest BCUT2D eigenvalue weighted by Crippen LogP contribution is 2.12. The lowest BCUT2D eigenvalue weighted by atomic mass is 10.1. The molecular weight excluding hydrogens is 697 g/mol. The zero-order valence-corrected chi connectivity index (χ0v) is 36.1. The van der Waals surface area contributed by atoms with E-state index >= 15 is 0 Å². The van der Waals surface area contributed by atoms with Crippen molar-refractivity contribution in [3.63, 3.8) is 0 Å². The molecule has 0 aromatic carbocycles. The fraction of sp³-hybridized carbons (Fsp3) is 0.660. The SMILES string of the molecule is CC/C=C\C/C=C\C/C=C\C/C=C\C/C=C\C/C=C\C/C=C\CCCCCCCC(=O)OCC(COC(=O)CCCCCCC)OC(=O)CCCCCCCC. The van der Waals surface area contributed by atoms with Crippen LogP contribution in [0.15, 0.2) is 85.1 Å². The van der Waals surface area contributed by atoms with Crippen LogP contribution in [0.4, 0.5) is 0 Å². The summed E-state index contributed by atoms with van der Waals surface area (Å²) in [7, 11) is 0. The monoisotopic (exact) mass is 779 g/mol. The van der Waals surface area contributed by atoms with E-state index in [9.17, 15) is 14.4 Å². The highest BCUT2D eigenvalue weighted by Gasteiger charge is 2.19. The van der Waals surface area contributed by atoms with E-state index in [0.29, 0.717) is 19.3 Å². The second-order valence-corrected chi connectivity index (χ2v) is 14.6. The molecule has 0 aliphatic carbocycles. The summed E-state index contributed by atoms with van der Waals surface area (Å²) in [6, 6.07) is 0. The van der Waals surface area contributed by atoms with Crippen molar-refractivity contribution < 1.29 is 28.6 Å². The molecule has 0 saturated heterocycles. The number of carbonyl (C=O) groups is 3. The van der Waals surface area contributed by atoms with Crippen molar-refractivity contribution in [2.45, 2.75) is 200 Å². The van der Waals surface area contributed by atoms with Gasteiger partial charge in [0, 0.05) is 19.3 Å². The van der Waals surface area contributed by atoms with E-state index in [0.717, 1.165) is 128 Å². The van der Waals surface area contributed by atoms with E-state index < -0.39 is 6.10 Å². The molecule has 0 bridgehead atoms. The first-order valence-electron chi connectivity index (χ1n) is 22.6. The van der Waals surface area contributed by atoms with E-state index in [1.807, 2.05) is 0 Å². The molecule has 318 valence electrons. The van der Waals surface area contributed by atoms with Crippen molar-refractivity contribution in [3.05, 3.63) is 85.1 Å². The third-order valence-electron chi connectivity index (χ3n) is 9.16. The molecule has 0 spiro atoms. The third-order valence-corrected chi connectivity index (χ3v) is 9.16. The maximum absolute atomic E-state index is 12.5. The van der Waals surface area contributed by atoms with Crippen LogP contribution in [0.5, 0.6) is 0 Å². The first-order chi connectivity index (χ1) is 27.5. The fourth-order valence-corrected chi connectivity index (χ4v) is 5.77. The Kier molecular flexibility index (Phi) is 41.6. The Hall–Kier alpha value is -3.41. The summed E-state index contributed by atoms with van der Waals surface area (Å²) in [6.45, 7) is 6.33. The van der Waals surface area contributed by atoms with Gasteiger partial charge in [-0.05, 0) is 77.0 Å². The molecular formula is C50H82O6. The van der Waals surface area contributed by atoms with E-state index in [1.165, 1.54) is 25.7 Å². The van der Waals surface area contributed by atoms with Gasteiger partial charge in [0.05, 0.1) is 0 Å². The molecule has 0 radical (unpaired) electrons. The molecule has 1 atom stereocenters. The molecule has 6 heteroatoms. The van der Waals surface area contributed by atoms with Crippen LogP contribution in [0, 0.1) is 0 Å². The maximum atomic E-state index is 12.5. The molecule has 6 nitrogen and oxygen atoms in total. The van der Waals surface area contributed by atoms with E-state index in [4.69, 9.17) is 14.2 Å². The quantitative estimate of drug-likeness (QED) is 0.0268. The molecule has 0 aliphatic heterocycles. The molecule has 56 heavy (non-hydrogen) atoms. The second-order valence-electron chi connectivity index (χ2n) is 14.6. The number of allylic oxidation sites excluding steroid dienone is 14. The van der Waals surface area contributed by atoms with Crippen LogP contribution in [-0.4, -0.2) is 37.2 Å². The van der Waals surface area contributed by atoms with Crippen LogP contribution in [0.25, 0.3) is 0 Å². The molecule has 0 aliphatic rings. The molecule has 0 heterocycles.